The van der Waals surface area contributed by atoms with Gasteiger partial charge in [0.15, 0.2) is 0 Å². The molecule has 1 saturated heterocycles. The number of amides is 2. The molecule has 2 fully saturated rings. The smallest absolute Gasteiger partial charge is 0.254 e. The summed E-state index contributed by atoms with van der Waals surface area (Å²) in [6, 6.07) is 9.76. The maximum Gasteiger partial charge on any atom is 0.254 e. The number of halogens is 1. The standard InChI is InChI=1S/C22H21FN2O4/c1-24-22(27)15-7-12(21(26)25-19-17-8-28-9-18(17)19)6-14-16(10-29-20(14)15)11-3-2-4-13(23)5-11/h2-7,16-19H,8-10H2,1H3,(H,24,27)(H,25,26). The van der Waals surface area contributed by atoms with Crippen LogP contribution < -0.4 is 15.4 Å². The van der Waals surface area contributed by atoms with Crippen molar-refractivity contribution in [2.45, 2.75) is 12.0 Å². The molecule has 0 radical (unpaired) electrons. The van der Waals surface area contributed by atoms with Crippen LogP contribution in [0.3, 0.4) is 0 Å². The van der Waals surface area contributed by atoms with E-state index in [0.717, 1.165) is 11.1 Å². The first-order valence-corrected chi connectivity index (χ1v) is 9.73. The molecule has 2 N–H and O–H groups in total. The number of hydrogen-bond donors (Lipinski definition) is 2. The van der Waals surface area contributed by atoms with Gasteiger partial charge in [0.05, 0.1) is 25.4 Å². The van der Waals surface area contributed by atoms with Crippen LogP contribution in [0.2, 0.25) is 0 Å². The lowest BCUT2D eigenvalue weighted by Crippen LogP contribution is -2.30. The van der Waals surface area contributed by atoms with E-state index in [4.69, 9.17) is 9.47 Å². The van der Waals surface area contributed by atoms with Crippen LogP contribution >= 0.6 is 0 Å². The Morgan fingerprint density at radius 2 is 1.86 bits per heavy atom. The molecule has 0 bridgehead atoms. The molecule has 2 amide bonds. The molecule has 3 aliphatic rings. The van der Waals surface area contributed by atoms with Crippen molar-refractivity contribution < 1.29 is 23.5 Å². The molecule has 2 aliphatic heterocycles. The Labute approximate surface area is 167 Å². The number of ether oxygens (including phenoxy) is 2. The van der Waals surface area contributed by atoms with Crippen LogP contribution in [0, 0.1) is 17.7 Å². The number of nitrogens with one attached hydrogen (secondary N) is 2. The Morgan fingerprint density at radius 3 is 2.59 bits per heavy atom. The van der Waals surface area contributed by atoms with Crippen LogP contribution in [0.25, 0.3) is 0 Å². The quantitative estimate of drug-likeness (QED) is 0.830. The SMILES string of the molecule is CNC(=O)c1cc(C(=O)NC2C3COCC32)cc2c1OCC2c1cccc(F)c1. The molecule has 1 saturated carbocycles. The van der Waals surface area contributed by atoms with Crippen molar-refractivity contribution in [3.63, 3.8) is 0 Å². The number of rotatable bonds is 4. The van der Waals surface area contributed by atoms with Crippen LogP contribution in [-0.4, -0.2) is 44.7 Å². The summed E-state index contributed by atoms with van der Waals surface area (Å²) >= 11 is 0. The van der Waals surface area contributed by atoms with Gasteiger partial charge in [-0.05, 0) is 29.8 Å². The summed E-state index contributed by atoms with van der Waals surface area (Å²) < 4.78 is 24.9. The molecule has 5 rings (SSSR count). The number of fused-ring (bicyclic) bond motifs is 2. The number of hydrogen-bond acceptors (Lipinski definition) is 4. The molecule has 2 heterocycles. The van der Waals surface area contributed by atoms with Gasteiger partial charge in [-0.25, -0.2) is 4.39 Å². The Hall–Kier alpha value is -2.93. The van der Waals surface area contributed by atoms with Crippen LogP contribution in [0.15, 0.2) is 36.4 Å². The molecule has 7 heteroatoms. The second-order valence-electron chi connectivity index (χ2n) is 7.80. The number of benzene rings is 2. The highest BCUT2D eigenvalue weighted by Gasteiger charge is 2.54. The molecule has 2 aromatic rings. The lowest BCUT2D eigenvalue weighted by molar-refractivity contribution is 0.0929. The molecule has 2 aromatic carbocycles. The van der Waals surface area contributed by atoms with Gasteiger partial charge in [-0.2, -0.15) is 0 Å². The van der Waals surface area contributed by atoms with Gasteiger partial charge in [0.25, 0.3) is 11.8 Å². The molecule has 3 atom stereocenters. The normalized spacial score (nSPS) is 26.3. The first-order valence-electron chi connectivity index (χ1n) is 9.73. The van der Waals surface area contributed by atoms with E-state index in [9.17, 15) is 14.0 Å². The lowest BCUT2D eigenvalue weighted by Gasteiger charge is -2.14. The zero-order chi connectivity index (χ0) is 20.1. The Morgan fingerprint density at radius 1 is 1.07 bits per heavy atom. The molecular weight excluding hydrogens is 375 g/mol. The Balaban J connectivity index is 1.50. The van der Waals surface area contributed by atoms with Gasteiger partial charge in [-0.1, -0.05) is 12.1 Å². The summed E-state index contributed by atoms with van der Waals surface area (Å²) in [4.78, 5) is 25.3. The second kappa shape index (κ2) is 6.84. The van der Waals surface area contributed by atoms with Gasteiger partial charge in [-0.3, -0.25) is 9.59 Å². The fraction of sp³-hybridized carbons (Fsp3) is 0.364. The summed E-state index contributed by atoms with van der Waals surface area (Å²) in [6.45, 7) is 1.65. The maximum absolute atomic E-state index is 13.7. The van der Waals surface area contributed by atoms with E-state index in [1.807, 2.05) is 6.07 Å². The highest BCUT2D eigenvalue weighted by Crippen LogP contribution is 2.45. The third-order valence-electron chi connectivity index (χ3n) is 6.12. The van der Waals surface area contributed by atoms with Gasteiger partial charge in [-0.15, -0.1) is 0 Å². The third kappa shape index (κ3) is 3.06. The van der Waals surface area contributed by atoms with Crippen LogP contribution in [0.1, 0.15) is 37.8 Å². The molecule has 0 aromatic heterocycles. The fourth-order valence-corrected chi connectivity index (χ4v) is 4.45. The molecule has 0 spiro atoms. The summed E-state index contributed by atoms with van der Waals surface area (Å²) in [7, 11) is 1.53. The number of carbonyl (C=O) groups is 2. The predicted molar refractivity (Wildman–Crippen MR) is 103 cm³/mol. The van der Waals surface area contributed by atoms with E-state index in [1.54, 1.807) is 18.2 Å². The summed E-state index contributed by atoms with van der Waals surface area (Å²) in [5, 5.41) is 5.66. The average molecular weight is 396 g/mol. The molecule has 1 aliphatic carbocycles. The van der Waals surface area contributed by atoms with E-state index in [2.05, 4.69) is 10.6 Å². The first-order chi connectivity index (χ1) is 14.1. The van der Waals surface area contributed by atoms with Crippen LogP contribution in [-0.2, 0) is 4.74 Å². The molecule has 150 valence electrons. The van der Waals surface area contributed by atoms with Crippen LogP contribution in [0.5, 0.6) is 5.75 Å². The lowest BCUT2D eigenvalue weighted by atomic mass is 9.90. The summed E-state index contributed by atoms with van der Waals surface area (Å²) in [5.74, 6) is 0.0938. The number of carbonyl (C=O) groups excluding carboxylic acids is 2. The van der Waals surface area contributed by atoms with Crippen molar-refractivity contribution in [2.24, 2.45) is 11.8 Å². The monoisotopic (exact) mass is 396 g/mol. The third-order valence-corrected chi connectivity index (χ3v) is 6.12. The zero-order valence-corrected chi connectivity index (χ0v) is 15.9. The zero-order valence-electron chi connectivity index (χ0n) is 15.9. The summed E-state index contributed by atoms with van der Waals surface area (Å²) in [5.41, 5.74) is 2.19. The van der Waals surface area contributed by atoms with Crippen molar-refractivity contribution in [3.8, 4) is 5.75 Å². The summed E-state index contributed by atoms with van der Waals surface area (Å²) in [6.07, 6.45) is 0. The van der Waals surface area contributed by atoms with E-state index in [0.29, 0.717) is 41.9 Å². The van der Waals surface area contributed by atoms with Gasteiger partial charge in [0.1, 0.15) is 11.6 Å². The molecule has 29 heavy (non-hydrogen) atoms. The highest BCUT2D eigenvalue weighted by atomic mass is 19.1. The fourth-order valence-electron chi connectivity index (χ4n) is 4.45. The topological polar surface area (TPSA) is 76.7 Å². The molecule has 3 unspecified atom stereocenters. The minimum Gasteiger partial charge on any atom is -0.491 e. The van der Waals surface area contributed by atoms with Crippen molar-refractivity contribution in [2.75, 3.05) is 26.9 Å². The van der Waals surface area contributed by atoms with Gasteiger partial charge in [0.2, 0.25) is 0 Å². The molecular formula is C22H21FN2O4. The Kier molecular flexibility index (Phi) is 4.28. The highest BCUT2D eigenvalue weighted by molar-refractivity contribution is 6.02. The van der Waals surface area contributed by atoms with Gasteiger partial charge in [0, 0.05) is 42.0 Å². The van der Waals surface area contributed by atoms with Crippen molar-refractivity contribution >= 4 is 11.8 Å². The molecule has 6 nitrogen and oxygen atoms in total. The van der Waals surface area contributed by atoms with Gasteiger partial charge >= 0.3 is 0 Å². The van der Waals surface area contributed by atoms with Gasteiger partial charge < -0.3 is 20.1 Å². The van der Waals surface area contributed by atoms with E-state index in [1.165, 1.54) is 19.2 Å². The minimum atomic E-state index is -0.334. The largest absolute Gasteiger partial charge is 0.491 e. The van der Waals surface area contributed by atoms with Crippen molar-refractivity contribution in [1.29, 1.82) is 0 Å². The van der Waals surface area contributed by atoms with E-state index < -0.39 is 0 Å². The van der Waals surface area contributed by atoms with Crippen molar-refractivity contribution in [3.05, 3.63) is 64.5 Å². The Bertz CT molecular complexity index is 998. The van der Waals surface area contributed by atoms with E-state index in [-0.39, 0.29) is 36.2 Å². The maximum atomic E-state index is 13.7. The minimum absolute atomic E-state index is 0.128. The van der Waals surface area contributed by atoms with Crippen molar-refractivity contribution in [1.82, 2.24) is 10.6 Å². The second-order valence-corrected chi connectivity index (χ2v) is 7.80. The predicted octanol–water partition coefficient (Wildman–Crippen LogP) is 2.08. The first kappa shape index (κ1) is 18.1. The average Bonchev–Trinajstić information content (AvgIpc) is 3.09. The van der Waals surface area contributed by atoms with Crippen LogP contribution in [0.4, 0.5) is 4.39 Å². The van der Waals surface area contributed by atoms with E-state index >= 15 is 0 Å².